The van der Waals surface area contributed by atoms with E-state index in [9.17, 15) is 9.59 Å². The molecular formula is C29H33N3O5. The Balaban J connectivity index is 1.75. The third-order valence-electron chi connectivity index (χ3n) is 5.88. The van der Waals surface area contributed by atoms with Gasteiger partial charge in [0.25, 0.3) is 5.91 Å². The molecule has 8 nitrogen and oxygen atoms in total. The molecule has 0 saturated heterocycles. The molecule has 0 radical (unpaired) electrons. The molecule has 3 aromatic carbocycles. The Hall–Kier alpha value is -4.04. The van der Waals surface area contributed by atoms with Crippen LogP contribution >= 0.6 is 0 Å². The number of nitrogens with one attached hydrogen (secondary N) is 1. The molecule has 1 aromatic heterocycles. The number of hydrogen-bond acceptors (Lipinski definition) is 6. The lowest BCUT2D eigenvalue weighted by Crippen LogP contribution is -2.30. The van der Waals surface area contributed by atoms with Crippen molar-refractivity contribution in [1.82, 2.24) is 9.99 Å². The van der Waals surface area contributed by atoms with Gasteiger partial charge in [0.2, 0.25) is 0 Å². The van der Waals surface area contributed by atoms with E-state index >= 15 is 0 Å². The van der Waals surface area contributed by atoms with Crippen LogP contribution in [0.3, 0.4) is 0 Å². The number of aromatic nitrogens is 1. The third kappa shape index (κ3) is 6.03. The monoisotopic (exact) mass is 503 g/mol. The lowest BCUT2D eigenvalue weighted by molar-refractivity contribution is -0.146. The first-order valence-electron chi connectivity index (χ1n) is 12.5. The van der Waals surface area contributed by atoms with Crippen LogP contribution in [0, 0.1) is 5.92 Å². The van der Waals surface area contributed by atoms with Crippen molar-refractivity contribution in [2.45, 2.75) is 33.7 Å². The molecule has 0 aliphatic rings. The first-order chi connectivity index (χ1) is 17.9. The summed E-state index contributed by atoms with van der Waals surface area (Å²) in [4.78, 5) is 24.6. The number of hydrazine groups is 1. The molecule has 194 valence electrons. The zero-order chi connectivity index (χ0) is 26.4. The van der Waals surface area contributed by atoms with Crippen molar-refractivity contribution in [2.75, 3.05) is 19.8 Å². The van der Waals surface area contributed by atoms with Gasteiger partial charge in [0.05, 0.1) is 24.3 Å². The summed E-state index contributed by atoms with van der Waals surface area (Å²) in [6.45, 7) is 7.54. The minimum atomic E-state index is -0.424. The molecule has 0 aliphatic heterocycles. The molecular weight excluding hydrogens is 470 g/mol. The number of nitrogen functional groups attached to an aromatic ring is 1. The first kappa shape index (κ1) is 26.0. The van der Waals surface area contributed by atoms with Crippen molar-refractivity contribution in [3.05, 3.63) is 71.8 Å². The van der Waals surface area contributed by atoms with E-state index < -0.39 is 5.97 Å². The van der Waals surface area contributed by atoms with Crippen LogP contribution in [0.2, 0.25) is 0 Å². The van der Waals surface area contributed by atoms with Crippen molar-refractivity contribution in [1.29, 1.82) is 0 Å². The molecule has 4 rings (SSSR count). The van der Waals surface area contributed by atoms with Gasteiger partial charge in [-0.3, -0.25) is 10.2 Å². The molecule has 4 aromatic rings. The predicted octanol–water partition coefficient (Wildman–Crippen LogP) is 4.81. The van der Waals surface area contributed by atoms with Crippen molar-refractivity contribution < 1.29 is 23.8 Å². The Labute approximate surface area is 216 Å². The van der Waals surface area contributed by atoms with Gasteiger partial charge in [-0.2, -0.15) is 0 Å². The molecule has 8 heteroatoms. The van der Waals surface area contributed by atoms with E-state index in [1.54, 1.807) is 6.07 Å². The van der Waals surface area contributed by atoms with E-state index in [0.717, 1.165) is 39.5 Å². The van der Waals surface area contributed by atoms with Gasteiger partial charge < -0.3 is 18.8 Å². The third-order valence-corrected chi connectivity index (χ3v) is 5.88. The van der Waals surface area contributed by atoms with Gasteiger partial charge in [0.15, 0.2) is 6.61 Å². The second kappa shape index (κ2) is 11.8. The molecule has 0 aliphatic carbocycles. The smallest absolute Gasteiger partial charge is 0.344 e. The zero-order valence-electron chi connectivity index (χ0n) is 21.5. The van der Waals surface area contributed by atoms with Crippen LogP contribution in [0.25, 0.3) is 21.8 Å². The average molecular weight is 504 g/mol. The summed E-state index contributed by atoms with van der Waals surface area (Å²) in [6, 6.07) is 19.2. The molecule has 0 fully saturated rings. The Kier molecular flexibility index (Phi) is 8.30. The molecule has 0 spiro atoms. The fourth-order valence-corrected chi connectivity index (χ4v) is 4.23. The van der Waals surface area contributed by atoms with Gasteiger partial charge in [-0.25, -0.2) is 10.6 Å². The maximum Gasteiger partial charge on any atom is 0.344 e. The minimum Gasteiger partial charge on any atom is -0.493 e. The van der Waals surface area contributed by atoms with Crippen LogP contribution < -0.4 is 20.7 Å². The second-order valence-corrected chi connectivity index (χ2v) is 9.30. The summed E-state index contributed by atoms with van der Waals surface area (Å²) < 4.78 is 18.9. The standard InChI is InChI=1S/C29H33N3O5/c1-4-13-35-27(33)18-37-22-11-12-25-24(15-22)28-23(29(34)31-30)9-6-10-26(28)32(25)16-20-7-5-8-21(14-20)36-17-19(2)3/h5-12,14-15,19H,4,13,16-18,30H2,1-3H3,(H,31,34). The summed E-state index contributed by atoms with van der Waals surface area (Å²) in [6.07, 6.45) is 0.746. The van der Waals surface area contributed by atoms with E-state index in [2.05, 4.69) is 29.9 Å². The first-order valence-corrected chi connectivity index (χ1v) is 12.5. The highest BCUT2D eigenvalue weighted by Gasteiger charge is 2.18. The van der Waals surface area contributed by atoms with Crippen LogP contribution in [-0.2, 0) is 16.1 Å². The molecule has 0 bridgehead atoms. The normalized spacial score (nSPS) is 11.2. The van der Waals surface area contributed by atoms with Gasteiger partial charge in [-0.15, -0.1) is 0 Å². The number of carbonyl (C=O) groups is 2. The van der Waals surface area contributed by atoms with E-state index in [1.807, 2.05) is 55.5 Å². The van der Waals surface area contributed by atoms with Crippen LogP contribution in [0.1, 0.15) is 43.1 Å². The van der Waals surface area contributed by atoms with E-state index in [1.165, 1.54) is 0 Å². The summed E-state index contributed by atoms with van der Waals surface area (Å²) in [5, 5.41) is 1.58. The number of esters is 1. The van der Waals surface area contributed by atoms with Crippen LogP contribution in [0.15, 0.2) is 60.7 Å². The summed E-state index contributed by atoms with van der Waals surface area (Å²) in [5.74, 6) is 6.44. The largest absolute Gasteiger partial charge is 0.493 e. The van der Waals surface area contributed by atoms with Gasteiger partial charge in [-0.05, 0) is 60.4 Å². The molecule has 0 unspecified atom stereocenters. The van der Waals surface area contributed by atoms with Gasteiger partial charge in [-0.1, -0.05) is 39.0 Å². The van der Waals surface area contributed by atoms with Gasteiger partial charge in [0, 0.05) is 22.8 Å². The highest BCUT2D eigenvalue weighted by molar-refractivity contribution is 6.18. The van der Waals surface area contributed by atoms with Gasteiger partial charge >= 0.3 is 5.97 Å². The maximum atomic E-state index is 12.7. The number of amides is 1. The summed E-state index contributed by atoms with van der Waals surface area (Å²) in [5.41, 5.74) is 5.56. The molecule has 1 amide bonds. The van der Waals surface area contributed by atoms with Crippen LogP contribution in [0.5, 0.6) is 11.5 Å². The molecule has 37 heavy (non-hydrogen) atoms. The van der Waals surface area contributed by atoms with E-state index in [4.69, 9.17) is 20.1 Å². The number of ether oxygens (including phenoxy) is 3. The Bertz CT molecular complexity index is 1410. The number of rotatable bonds is 11. The summed E-state index contributed by atoms with van der Waals surface area (Å²) >= 11 is 0. The van der Waals surface area contributed by atoms with Crippen LogP contribution in [0.4, 0.5) is 0 Å². The topological polar surface area (TPSA) is 105 Å². The zero-order valence-corrected chi connectivity index (χ0v) is 21.5. The van der Waals surface area contributed by atoms with Crippen molar-refractivity contribution in [3.63, 3.8) is 0 Å². The lowest BCUT2D eigenvalue weighted by Gasteiger charge is -2.12. The predicted molar refractivity (Wildman–Crippen MR) is 144 cm³/mol. The van der Waals surface area contributed by atoms with E-state index in [-0.39, 0.29) is 12.5 Å². The maximum absolute atomic E-state index is 12.7. The lowest BCUT2D eigenvalue weighted by atomic mass is 10.1. The number of benzene rings is 3. The van der Waals surface area contributed by atoms with E-state index in [0.29, 0.717) is 37.0 Å². The van der Waals surface area contributed by atoms with Crippen molar-refractivity contribution in [2.24, 2.45) is 11.8 Å². The number of fused-ring (bicyclic) bond motifs is 3. The van der Waals surface area contributed by atoms with Crippen LogP contribution in [-0.4, -0.2) is 36.3 Å². The van der Waals surface area contributed by atoms with Gasteiger partial charge in [0.1, 0.15) is 11.5 Å². The molecule has 1 heterocycles. The Morgan fingerprint density at radius 1 is 0.973 bits per heavy atom. The Morgan fingerprint density at radius 2 is 1.76 bits per heavy atom. The fraction of sp³-hybridized carbons (Fsp3) is 0.310. The number of hydrogen-bond donors (Lipinski definition) is 2. The Morgan fingerprint density at radius 3 is 2.51 bits per heavy atom. The van der Waals surface area contributed by atoms with Crippen molar-refractivity contribution in [3.8, 4) is 11.5 Å². The molecule has 0 saturated carbocycles. The van der Waals surface area contributed by atoms with Crippen molar-refractivity contribution >= 4 is 33.7 Å². The molecule has 0 atom stereocenters. The highest BCUT2D eigenvalue weighted by Crippen LogP contribution is 2.35. The quantitative estimate of drug-likeness (QED) is 0.132. The minimum absolute atomic E-state index is 0.191. The number of nitrogens with two attached hydrogens (primary N) is 1. The molecule has 3 N–H and O–H groups in total. The summed E-state index contributed by atoms with van der Waals surface area (Å²) in [7, 11) is 0. The second-order valence-electron chi connectivity index (χ2n) is 9.30. The number of nitrogens with zero attached hydrogens (tertiary/aromatic N) is 1. The highest BCUT2D eigenvalue weighted by atomic mass is 16.6. The SMILES string of the molecule is CCCOC(=O)COc1ccc2c(c1)c1c(C(=O)NN)cccc1n2Cc1cccc(OCC(C)C)c1. The average Bonchev–Trinajstić information content (AvgIpc) is 3.22. The number of carbonyl (C=O) groups excluding carboxylic acids is 2. The fourth-order valence-electron chi connectivity index (χ4n) is 4.23.